The molecule has 1 atom stereocenters. The first-order valence-corrected chi connectivity index (χ1v) is 8.16. The number of carbonyl (C=O) groups excluding carboxylic acids is 1. The minimum absolute atomic E-state index is 0.0492. The van der Waals surface area contributed by atoms with Gasteiger partial charge in [-0.25, -0.2) is 0 Å². The van der Waals surface area contributed by atoms with Gasteiger partial charge >= 0.3 is 0 Å². The summed E-state index contributed by atoms with van der Waals surface area (Å²) in [6, 6.07) is 5.24. The predicted molar refractivity (Wildman–Crippen MR) is 86.3 cm³/mol. The Kier molecular flexibility index (Phi) is 5.43. The first-order valence-electron chi connectivity index (χ1n) is 8.16. The zero-order valence-corrected chi connectivity index (χ0v) is 13.4. The van der Waals surface area contributed by atoms with Crippen LogP contribution in [0.25, 0.3) is 0 Å². The minimum Gasteiger partial charge on any atom is -0.384 e. The van der Waals surface area contributed by atoms with Crippen molar-refractivity contribution in [3.63, 3.8) is 0 Å². The van der Waals surface area contributed by atoms with Gasteiger partial charge in [0.15, 0.2) is 0 Å². The molecule has 2 aromatic heterocycles. The number of aromatic nitrogens is 2. The van der Waals surface area contributed by atoms with Crippen LogP contribution < -0.4 is 5.56 Å². The zero-order valence-electron chi connectivity index (χ0n) is 13.4. The maximum absolute atomic E-state index is 12.3. The predicted octanol–water partition coefficient (Wildman–Crippen LogP) is 1.50. The molecular formula is C17H21N3O4. The summed E-state index contributed by atoms with van der Waals surface area (Å²) in [4.78, 5) is 29.2. The molecule has 1 amide bonds. The fourth-order valence-electron chi connectivity index (χ4n) is 2.83. The molecule has 0 unspecified atom stereocenters. The number of nitrogens with zero attached hydrogens (tertiary/aromatic N) is 2. The average molecular weight is 331 g/mol. The summed E-state index contributed by atoms with van der Waals surface area (Å²) in [6.07, 6.45) is 6.21. The Morgan fingerprint density at radius 2 is 2.42 bits per heavy atom. The number of piperidine rings is 1. The van der Waals surface area contributed by atoms with Gasteiger partial charge in [0.2, 0.25) is 5.91 Å². The summed E-state index contributed by atoms with van der Waals surface area (Å²) in [5.41, 5.74) is 0.753. The molecule has 1 aliphatic heterocycles. The van der Waals surface area contributed by atoms with Gasteiger partial charge < -0.3 is 14.2 Å². The number of aryl methyl sites for hydroxylation is 1. The van der Waals surface area contributed by atoms with E-state index in [4.69, 9.17) is 9.26 Å². The third-order valence-electron chi connectivity index (χ3n) is 4.10. The molecule has 0 aromatic carbocycles. The van der Waals surface area contributed by atoms with Gasteiger partial charge in [-0.05, 0) is 24.5 Å². The highest BCUT2D eigenvalue weighted by Crippen LogP contribution is 2.16. The van der Waals surface area contributed by atoms with Crippen molar-refractivity contribution in [3.8, 4) is 0 Å². The van der Waals surface area contributed by atoms with Crippen molar-refractivity contribution in [1.82, 2.24) is 15.0 Å². The van der Waals surface area contributed by atoms with Crippen LogP contribution in [0.4, 0.5) is 0 Å². The van der Waals surface area contributed by atoms with E-state index < -0.39 is 0 Å². The van der Waals surface area contributed by atoms with E-state index in [2.05, 4.69) is 10.1 Å². The largest absolute Gasteiger partial charge is 0.384 e. The summed E-state index contributed by atoms with van der Waals surface area (Å²) < 4.78 is 10.9. The molecule has 0 bridgehead atoms. The fourth-order valence-corrected chi connectivity index (χ4v) is 2.83. The van der Waals surface area contributed by atoms with Crippen LogP contribution in [-0.2, 0) is 22.6 Å². The Balaban J connectivity index is 1.45. The van der Waals surface area contributed by atoms with Crippen molar-refractivity contribution in [1.29, 1.82) is 0 Å². The van der Waals surface area contributed by atoms with Gasteiger partial charge in [0.05, 0.1) is 12.7 Å². The third kappa shape index (κ3) is 4.55. The van der Waals surface area contributed by atoms with E-state index in [1.807, 2.05) is 17.0 Å². The summed E-state index contributed by atoms with van der Waals surface area (Å²) in [5.74, 6) is 0.572. The Bertz CT molecular complexity index is 710. The lowest BCUT2D eigenvalue weighted by Crippen LogP contribution is -2.43. The van der Waals surface area contributed by atoms with Crippen molar-refractivity contribution >= 4 is 5.91 Å². The molecule has 1 saturated heterocycles. The highest BCUT2D eigenvalue weighted by atomic mass is 16.5. The topological polar surface area (TPSA) is 88.4 Å². The van der Waals surface area contributed by atoms with Gasteiger partial charge in [0, 0.05) is 44.4 Å². The maximum atomic E-state index is 12.3. The number of likely N-dealkylation sites (tertiary alicyclic amines) is 1. The van der Waals surface area contributed by atoms with Gasteiger partial charge in [-0.15, -0.1) is 0 Å². The van der Waals surface area contributed by atoms with Gasteiger partial charge in [0.25, 0.3) is 5.56 Å². The lowest BCUT2D eigenvalue weighted by atomic mass is 10.1. The van der Waals surface area contributed by atoms with Gasteiger partial charge in [-0.3, -0.25) is 14.6 Å². The Morgan fingerprint density at radius 1 is 1.50 bits per heavy atom. The van der Waals surface area contributed by atoms with E-state index in [0.717, 1.165) is 24.9 Å². The van der Waals surface area contributed by atoms with Gasteiger partial charge in [-0.2, -0.15) is 5.16 Å². The molecule has 7 heteroatoms. The molecule has 1 fully saturated rings. The standard InChI is InChI=1S/C17H21N3O4/c21-16-9-14(24-19-16)5-6-17(22)20-8-2-4-15(11-20)23-12-13-3-1-7-18-10-13/h1,3,7,9-10,15H,2,4-6,8,11-12H2,(H,19,21)/t15-/m1/s1. The van der Waals surface area contributed by atoms with E-state index in [1.165, 1.54) is 6.07 Å². The first kappa shape index (κ1) is 16.4. The van der Waals surface area contributed by atoms with Crippen LogP contribution in [0.3, 0.4) is 0 Å². The second-order valence-electron chi connectivity index (χ2n) is 5.96. The number of nitrogens with one attached hydrogen (secondary N) is 1. The highest BCUT2D eigenvalue weighted by Gasteiger charge is 2.24. The summed E-state index contributed by atoms with van der Waals surface area (Å²) in [7, 11) is 0. The van der Waals surface area contributed by atoms with Crippen molar-refractivity contribution in [2.75, 3.05) is 13.1 Å². The molecule has 0 saturated carbocycles. The Morgan fingerprint density at radius 3 is 3.17 bits per heavy atom. The normalized spacial score (nSPS) is 17.8. The second-order valence-corrected chi connectivity index (χ2v) is 5.96. The van der Waals surface area contributed by atoms with Crippen LogP contribution in [0.1, 0.15) is 30.6 Å². The number of hydrogen-bond acceptors (Lipinski definition) is 5. The molecule has 1 aliphatic rings. The van der Waals surface area contributed by atoms with Crippen molar-refractivity contribution in [2.24, 2.45) is 0 Å². The molecule has 0 radical (unpaired) electrons. The molecule has 0 aliphatic carbocycles. The van der Waals surface area contributed by atoms with Crippen molar-refractivity contribution in [3.05, 3.63) is 52.3 Å². The van der Waals surface area contributed by atoms with E-state index in [0.29, 0.717) is 31.8 Å². The number of hydrogen-bond donors (Lipinski definition) is 1. The van der Waals surface area contributed by atoms with Crippen LogP contribution in [0.15, 0.2) is 39.9 Å². The molecular weight excluding hydrogens is 310 g/mol. The number of rotatable bonds is 6. The Hall–Kier alpha value is -2.41. The monoisotopic (exact) mass is 331 g/mol. The quantitative estimate of drug-likeness (QED) is 0.866. The molecule has 1 N–H and O–H groups in total. The lowest BCUT2D eigenvalue weighted by molar-refractivity contribution is -0.135. The van der Waals surface area contributed by atoms with Crippen LogP contribution in [0.2, 0.25) is 0 Å². The number of ether oxygens (including phenoxy) is 1. The third-order valence-corrected chi connectivity index (χ3v) is 4.10. The number of carbonyl (C=O) groups is 1. The maximum Gasteiger partial charge on any atom is 0.280 e. The van der Waals surface area contributed by atoms with Crippen molar-refractivity contribution in [2.45, 2.75) is 38.4 Å². The molecule has 7 nitrogen and oxygen atoms in total. The molecule has 24 heavy (non-hydrogen) atoms. The van der Waals surface area contributed by atoms with Crippen LogP contribution in [0, 0.1) is 0 Å². The Labute approximate surface area is 139 Å². The highest BCUT2D eigenvalue weighted by molar-refractivity contribution is 5.76. The van der Waals surface area contributed by atoms with E-state index in [9.17, 15) is 9.59 Å². The SMILES string of the molecule is O=C(CCc1cc(=O)[nH]o1)N1CCC[C@@H](OCc2cccnc2)C1. The average Bonchev–Trinajstić information content (AvgIpc) is 3.04. The summed E-state index contributed by atoms with van der Waals surface area (Å²) >= 11 is 0. The molecule has 3 rings (SSSR count). The number of H-pyrrole nitrogens is 1. The number of pyridine rings is 1. The molecule has 3 heterocycles. The molecule has 0 spiro atoms. The second kappa shape index (κ2) is 7.92. The number of amides is 1. The molecule has 128 valence electrons. The zero-order chi connectivity index (χ0) is 16.8. The van der Waals surface area contributed by atoms with E-state index >= 15 is 0 Å². The minimum atomic E-state index is -0.278. The van der Waals surface area contributed by atoms with Gasteiger partial charge in [-0.1, -0.05) is 6.07 Å². The van der Waals surface area contributed by atoms with E-state index in [-0.39, 0.29) is 17.6 Å². The smallest absolute Gasteiger partial charge is 0.280 e. The fraction of sp³-hybridized carbons (Fsp3) is 0.471. The molecule has 2 aromatic rings. The van der Waals surface area contributed by atoms with E-state index in [1.54, 1.807) is 12.4 Å². The van der Waals surface area contributed by atoms with Gasteiger partial charge in [0.1, 0.15) is 5.76 Å². The van der Waals surface area contributed by atoms with Crippen LogP contribution in [-0.4, -0.2) is 40.1 Å². The van der Waals surface area contributed by atoms with Crippen LogP contribution >= 0.6 is 0 Å². The summed E-state index contributed by atoms with van der Waals surface area (Å²) in [5, 5.41) is 2.23. The number of aromatic amines is 1. The summed E-state index contributed by atoms with van der Waals surface area (Å²) in [6.45, 7) is 1.87. The van der Waals surface area contributed by atoms with Crippen LogP contribution in [0.5, 0.6) is 0 Å². The van der Waals surface area contributed by atoms with Crippen molar-refractivity contribution < 1.29 is 14.1 Å². The lowest BCUT2D eigenvalue weighted by Gasteiger charge is -2.32. The first-order chi connectivity index (χ1) is 11.7.